The monoisotopic (exact) mass is 418 g/mol. The second-order valence-corrected chi connectivity index (χ2v) is 7.49. The Morgan fingerprint density at radius 3 is 2.50 bits per heavy atom. The maximum atomic E-state index is 13.0. The van der Waals surface area contributed by atoms with Crippen molar-refractivity contribution < 1.29 is 14.0 Å². The number of halogens is 1. The third-order valence-corrected chi connectivity index (χ3v) is 5.43. The molecule has 1 aliphatic heterocycles. The second-order valence-electron chi connectivity index (χ2n) is 7.08. The highest BCUT2D eigenvalue weighted by Gasteiger charge is 2.30. The van der Waals surface area contributed by atoms with Crippen molar-refractivity contribution in [1.82, 2.24) is 0 Å². The van der Waals surface area contributed by atoms with Crippen molar-refractivity contribution in [3.05, 3.63) is 82.1 Å². The number of Topliss-reactive ketones (excluding diaryl/α,β-unsaturated/α-hetero) is 1. The first-order valence-corrected chi connectivity index (χ1v) is 9.81. The number of hydrogen-bond acceptors (Lipinski definition) is 4. The van der Waals surface area contributed by atoms with Gasteiger partial charge in [0.05, 0.1) is 17.0 Å². The molecule has 0 aliphatic carbocycles. The smallest absolute Gasteiger partial charge is 0.280 e. The van der Waals surface area contributed by atoms with E-state index < -0.39 is 0 Å². The molecule has 0 saturated carbocycles. The minimum Gasteiger partial charge on any atom is -0.457 e. The Labute approximate surface area is 179 Å². The highest BCUT2D eigenvalue weighted by atomic mass is 35.5. The van der Waals surface area contributed by atoms with E-state index in [9.17, 15) is 9.59 Å². The number of carbonyl (C=O) groups excluding carboxylic acids is 2. The molecule has 0 fully saturated rings. The summed E-state index contributed by atoms with van der Waals surface area (Å²) in [6, 6.07) is 16.2. The van der Waals surface area contributed by atoms with Crippen LogP contribution in [0.25, 0.3) is 17.4 Å². The van der Waals surface area contributed by atoms with Gasteiger partial charge < -0.3 is 4.42 Å². The number of benzene rings is 2. The maximum absolute atomic E-state index is 13.0. The van der Waals surface area contributed by atoms with Crippen LogP contribution in [0.3, 0.4) is 0 Å². The first-order valence-electron chi connectivity index (χ1n) is 9.43. The van der Waals surface area contributed by atoms with E-state index in [1.165, 1.54) is 11.9 Å². The maximum Gasteiger partial charge on any atom is 0.280 e. The Kier molecular flexibility index (Phi) is 5.14. The second kappa shape index (κ2) is 7.76. The minimum atomic E-state index is -0.235. The minimum absolute atomic E-state index is 0.0143. The number of furan rings is 1. The summed E-state index contributed by atoms with van der Waals surface area (Å²) in [5.41, 5.74) is 4.00. The summed E-state index contributed by atoms with van der Waals surface area (Å²) >= 11 is 6.20. The van der Waals surface area contributed by atoms with Crippen molar-refractivity contribution in [2.24, 2.45) is 5.10 Å². The van der Waals surface area contributed by atoms with Gasteiger partial charge in [-0.25, -0.2) is 0 Å². The van der Waals surface area contributed by atoms with Crippen LogP contribution in [0.4, 0.5) is 5.69 Å². The molecule has 4 rings (SSSR count). The summed E-state index contributed by atoms with van der Waals surface area (Å²) in [5, 5.41) is 6.36. The van der Waals surface area contributed by atoms with Crippen molar-refractivity contribution in [1.29, 1.82) is 0 Å². The zero-order valence-electron chi connectivity index (χ0n) is 16.8. The Balaban J connectivity index is 1.61. The average molecular weight is 419 g/mol. The molecular formula is C24H19ClN2O3. The summed E-state index contributed by atoms with van der Waals surface area (Å²) in [7, 11) is 0. The third kappa shape index (κ3) is 3.60. The van der Waals surface area contributed by atoms with Gasteiger partial charge in [-0.1, -0.05) is 41.9 Å². The number of carbonyl (C=O) groups is 2. The van der Waals surface area contributed by atoms with E-state index in [1.807, 2.05) is 31.2 Å². The van der Waals surface area contributed by atoms with Gasteiger partial charge in [0.1, 0.15) is 11.5 Å². The average Bonchev–Trinajstić information content (AvgIpc) is 3.30. The van der Waals surface area contributed by atoms with Gasteiger partial charge in [-0.3, -0.25) is 9.59 Å². The summed E-state index contributed by atoms with van der Waals surface area (Å²) in [4.78, 5) is 24.4. The zero-order chi connectivity index (χ0) is 21.4. The first kappa shape index (κ1) is 19.9. The molecule has 5 nitrogen and oxygen atoms in total. The SMILES string of the molecule is CC(=O)c1ccc(-c2ccc(/C=C3\C(=O)N(c4cccc(Cl)c4C)N=C3C)o2)cc1. The number of nitrogens with zero attached hydrogens (tertiary/aromatic N) is 2. The van der Waals surface area contributed by atoms with Gasteiger partial charge in [0.15, 0.2) is 5.78 Å². The fourth-order valence-electron chi connectivity index (χ4n) is 3.27. The number of hydrazone groups is 1. The van der Waals surface area contributed by atoms with Crippen LogP contribution in [-0.4, -0.2) is 17.4 Å². The molecule has 0 atom stereocenters. The lowest BCUT2D eigenvalue weighted by Gasteiger charge is -2.15. The highest BCUT2D eigenvalue weighted by molar-refractivity contribution is 6.34. The van der Waals surface area contributed by atoms with E-state index in [0.717, 1.165) is 11.1 Å². The number of amides is 1. The van der Waals surface area contributed by atoms with E-state index in [2.05, 4.69) is 5.10 Å². The van der Waals surface area contributed by atoms with Crippen molar-refractivity contribution in [3.8, 4) is 11.3 Å². The quantitative estimate of drug-likeness (QED) is 0.390. The number of anilines is 1. The molecule has 150 valence electrons. The van der Waals surface area contributed by atoms with Gasteiger partial charge in [-0.2, -0.15) is 10.1 Å². The van der Waals surface area contributed by atoms with E-state index in [1.54, 1.807) is 43.3 Å². The lowest BCUT2D eigenvalue weighted by atomic mass is 10.1. The molecule has 0 saturated heterocycles. The van der Waals surface area contributed by atoms with Crippen LogP contribution >= 0.6 is 11.6 Å². The Bertz CT molecular complexity index is 1220. The Morgan fingerprint density at radius 2 is 1.80 bits per heavy atom. The fourth-order valence-corrected chi connectivity index (χ4v) is 3.44. The van der Waals surface area contributed by atoms with Crippen LogP contribution in [0.15, 0.2) is 69.7 Å². The van der Waals surface area contributed by atoms with Gasteiger partial charge >= 0.3 is 0 Å². The summed E-state index contributed by atoms with van der Waals surface area (Å²) in [6.45, 7) is 5.17. The molecule has 0 N–H and O–H groups in total. The standard InChI is InChI=1S/C24H19ClN2O3/c1-14-21(25)5-4-6-22(14)27-24(29)20(15(2)26-27)13-19-11-12-23(30-19)18-9-7-17(8-10-18)16(3)28/h4-13H,1-3H3/b20-13-. The van der Waals surface area contributed by atoms with E-state index in [-0.39, 0.29) is 11.7 Å². The van der Waals surface area contributed by atoms with Crippen LogP contribution in [0.1, 0.15) is 35.5 Å². The van der Waals surface area contributed by atoms with E-state index >= 15 is 0 Å². The Hall–Kier alpha value is -3.44. The summed E-state index contributed by atoms with van der Waals surface area (Å²) in [6.07, 6.45) is 1.69. The molecule has 2 aromatic carbocycles. The summed E-state index contributed by atoms with van der Waals surface area (Å²) < 4.78 is 5.90. The Morgan fingerprint density at radius 1 is 1.07 bits per heavy atom. The number of ketones is 1. The van der Waals surface area contributed by atoms with E-state index in [0.29, 0.717) is 39.1 Å². The molecule has 0 spiro atoms. The number of hydrogen-bond donors (Lipinski definition) is 0. The molecule has 0 radical (unpaired) electrons. The molecule has 6 heteroatoms. The van der Waals surface area contributed by atoms with Gasteiger partial charge in [-0.15, -0.1) is 0 Å². The van der Waals surface area contributed by atoms with Crippen molar-refractivity contribution in [2.45, 2.75) is 20.8 Å². The normalized spacial score (nSPS) is 15.1. The van der Waals surface area contributed by atoms with Crippen LogP contribution < -0.4 is 5.01 Å². The third-order valence-electron chi connectivity index (χ3n) is 5.02. The molecular weight excluding hydrogens is 400 g/mol. The molecule has 0 bridgehead atoms. The van der Waals surface area contributed by atoms with Crippen LogP contribution in [0.2, 0.25) is 5.02 Å². The largest absolute Gasteiger partial charge is 0.457 e. The lowest BCUT2D eigenvalue weighted by Crippen LogP contribution is -2.22. The first-order chi connectivity index (χ1) is 14.3. The topological polar surface area (TPSA) is 62.9 Å². The van der Waals surface area contributed by atoms with Crippen molar-refractivity contribution in [2.75, 3.05) is 5.01 Å². The molecule has 0 unspecified atom stereocenters. The van der Waals surface area contributed by atoms with E-state index in [4.69, 9.17) is 16.0 Å². The molecule has 1 aliphatic rings. The van der Waals surface area contributed by atoms with Crippen LogP contribution in [0.5, 0.6) is 0 Å². The molecule has 1 aromatic heterocycles. The summed E-state index contributed by atoms with van der Waals surface area (Å²) in [5.74, 6) is 0.977. The van der Waals surface area contributed by atoms with Crippen molar-refractivity contribution in [3.63, 3.8) is 0 Å². The zero-order valence-corrected chi connectivity index (χ0v) is 17.5. The number of rotatable bonds is 4. The molecule has 1 amide bonds. The van der Waals surface area contributed by atoms with Crippen LogP contribution in [0, 0.1) is 6.92 Å². The van der Waals surface area contributed by atoms with Crippen molar-refractivity contribution >= 4 is 40.8 Å². The van der Waals surface area contributed by atoms with Gasteiger partial charge in [0.2, 0.25) is 0 Å². The van der Waals surface area contributed by atoms with Gasteiger partial charge in [0, 0.05) is 16.1 Å². The lowest BCUT2D eigenvalue weighted by molar-refractivity contribution is -0.114. The molecule has 30 heavy (non-hydrogen) atoms. The fraction of sp³-hybridized carbons (Fsp3) is 0.125. The predicted molar refractivity (Wildman–Crippen MR) is 119 cm³/mol. The molecule has 2 heterocycles. The van der Waals surface area contributed by atoms with Gasteiger partial charge in [-0.05, 0) is 56.7 Å². The highest BCUT2D eigenvalue weighted by Crippen LogP contribution is 2.32. The van der Waals surface area contributed by atoms with Crippen LogP contribution in [-0.2, 0) is 4.79 Å². The predicted octanol–water partition coefficient (Wildman–Crippen LogP) is 5.92. The van der Waals surface area contributed by atoms with Gasteiger partial charge in [0.25, 0.3) is 5.91 Å². The molecule has 3 aromatic rings.